The Morgan fingerprint density at radius 1 is 1.39 bits per heavy atom. The lowest BCUT2D eigenvalue weighted by Crippen LogP contribution is -2.37. The summed E-state index contributed by atoms with van der Waals surface area (Å²) in [6.07, 6.45) is 8.11. The zero-order chi connectivity index (χ0) is 13.0. The molecule has 2 rings (SSSR count). The topological polar surface area (TPSA) is 24.9 Å². The van der Waals surface area contributed by atoms with Crippen molar-refractivity contribution in [1.29, 1.82) is 0 Å². The predicted molar refractivity (Wildman–Crippen MR) is 79.1 cm³/mol. The molecule has 1 fully saturated rings. The average Bonchev–Trinajstić information content (AvgIpc) is 2.82. The Labute approximate surface area is 115 Å². The number of aryl methyl sites for hydroxylation is 1. The van der Waals surface area contributed by atoms with Gasteiger partial charge in [-0.3, -0.25) is 0 Å². The largest absolute Gasteiger partial charge is 0.316 e. The molecule has 0 aliphatic heterocycles. The number of hydrogen-bond donors (Lipinski definition) is 1. The maximum absolute atomic E-state index is 4.60. The molecule has 1 aliphatic carbocycles. The van der Waals surface area contributed by atoms with Gasteiger partial charge in [-0.2, -0.15) is 0 Å². The number of rotatable bonds is 5. The van der Waals surface area contributed by atoms with Gasteiger partial charge in [-0.1, -0.05) is 26.2 Å². The molecule has 102 valence electrons. The fourth-order valence-electron chi connectivity index (χ4n) is 3.23. The van der Waals surface area contributed by atoms with Crippen LogP contribution in [0, 0.1) is 18.8 Å². The fourth-order valence-corrected chi connectivity index (χ4v) is 3.86. The highest BCUT2D eigenvalue weighted by molar-refractivity contribution is 7.09. The molecule has 1 N–H and O–H groups in total. The highest BCUT2D eigenvalue weighted by Crippen LogP contribution is 2.33. The maximum Gasteiger partial charge on any atom is 0.0897 e. The summed E-state index contributed by atoms with van der Waals surface area (Å²) >= 11 is 1.77. The third-order valence-corrected chi connectivity index (χ3v) is 5.33. The van der Waals surface area contributed by atoms with E-state index in [0.29, 0.717) is 6.04 Å². The maximum atomic E-state index is 4.60. The van der Waals surface area contributed by atoms with Gasteiger partial charge in [0.2, 0.25) is 0 Å². The SMILES string of the molecule is CCC1CCC(C(Cc2csc(C)n2)NC)CC1. The first kappa shape index (κ1) is 14.0. The molecular formula is C15H26N2S. The molecule has 1 saturated carbocycles. The van der Waals surface area contributed by atoms with E-state index in [1.54, 1.807) is 11.3 Å². The number of nitrogens with one attached hydrogen (secondary N) is 1. The van der Waals surface area contributed by atoms with E-state index in [-0.39, 0.29) is 0 Å². The van der Waals surface area contributed by atoms with Crippen LogP contribution in [0.2, 0.25) is 0 Å². The highest BCUT2D eigenvalue weighted by Gasteiger charge is 2.26. The summed E-state index contributed by atoms with van der Waals surface area (Å²) in [4.78, 5) is 4.60. The summed E-state index contributed by atoms with van der Waals surface area (Å²) in [5.41, 5.74) is 1.27. The Bertz CT molecular complexity index is 353. The lowest BCUT2D eigenvalue weighted by molar-refractivity contribution is 0.221. The van der Waals surface area contributed by atoms with Gasteiger partial charge >= 0.3 is 0 Å². The van der Waals surface area contributed by atoms with Crippen molar-refractivity contribution < 1.29 is 0 Å². The molecule has 18 heavy (non-hydrogen) atoms. The van der Waals surface area contributed by atoms with Crippen molar-refractivity contribution in [3.05, 3.63) is 16.1 Å². The summed E-state index contributed by atoms with van der Waals surface area (Å²) < 4.78 is 0. The summed E-state index contributed by atoms with van der Waals surface area (Å²) in [7, 11) is 2.11. The van der Waals surface area contributed by atoms with Crippen molar-refractivity contribution in [3.63, 3.8) is 0 Å². The van der Waals surface area contributed by atoms with Crippen LogP contribution in [0.5, 0.6) is 0 Å². The highest BCUT2D eigenvalue weighted by atomic mass is 32.1. The number of likely N-dealkylation sites (N-methyl/N-ethyl adjacent to an activating group) is 1. The van der Waals surface area contributed by atoms with Gasteiger partial charge in [0.25, 0.3) is 0 Å². The molecular weight excluding hydrogens is 240 g/mol. The second-order valence-electron chi connectivity index (χ2n) is 5.65. The summed E-state index contributed by atoms with van der Waals surface area (Å²) in [5, 5.41) is 6.94. The number of aromatic nitrogens is 1. The van der Waals surface area contributed by atoms with Gasteiger partial charge in [-0.05, 0) is 38.6 Å². The molecule has 1 aliphatic rings. The summed E-state index contributed by atoms with van der Waals surface area (Å²) in [6, 6.07) is 0.615. The Kier molecular flexibility index (Phi) is 5.19. The zero-order valence-corrected chi connectivity index (χ0v) is 12.7. The van der Waals surface area contributed by atoms with Crippen LogP contribution in [-0.2, 0) is 6.42 Å². The van der Waals surface area contributed by atoms with E-state index in [1.165, 1.54) is 42.8 Å². The van der Waals surface area contributed by atoms with Crippen molar-refractivity contribution in [2.24, 2.45) is 11.8 Å². The standard InChI is InChI=1S/C15H26N2S/c1-4-12-5-7-13(8-6-12)15(16-3)9-14-10-18-11(2)17-14/h10,12-13,15-16H,4-9H2,1-3H3. The number of thiazole rings is 1. The quantitative estimate of drug-likeness (QED) is 0.877. The number of hydrogen-bond acceptors (Lipinski definition) is 3. The van der Waals surface area contributed by atoms with Crippen LogP contribution >= 0.6 is 11.3 Å². The van der Waals surface area contributed by atoms with Gasteiger partial charge in [0, 0.05) is 17.8 Å². The predicted octanol–water partition coefficient (Wildman–Crippen LogP) is 3.80. The van der Waals surface area contributed by atoms with Crippen molar-refractivity contribution in [3.8, 4) is 0 Å². The molecule has 0 saturated heterocycles. The van der Waals surface area contributed by atoms with Gasteiger partial charge < -0.3 is 5.32 Å². The molecule has 1 aromatic heterocycles. The van der Waals surface area contributed by atoms with E-state index in [2.05, 4.69) is 36.6 Å². The molecule has 0 amide bonds. The smallest absolute Gasteiger partial charge is 0.0897 e. The minimum Gasteiger partial charge on any atom is -0.316 e. The first-order valence-electron chi connectivity index (χ1n) is 7.31. The average molecular weight is 266 g/mol. The van der Waals surface area contributed by atoms with Gasteiger partial charge in [-0.15, -0.1) is 11.3 Å². The van der Waals surface area contributed by atoms with Gasteiger partial charge in [0.05, 0.1) is 10.7 Å². The lowest BCUT2D eigenvalue weighted by Gasteiger charge is -2.33. The Morgan fingerprint density at radius 3 is 2.61 bits per heavy atom. The third-order valence-electron chi connectivity index (χ3n) is 4.50. The van der Waals surface area contributed by atoms with Gasteiger partial charge in [0.15, 0.2) is 0 Å². The van der Waals surface area contributed by atoms with Crippen LogP contribution in [0.4, 0.5) is 0 Å². The minimum absolute atomic E-state index is 0.615. The second-order valence-corrected chi connectivity index (χ2v) is 6.71. The molecule has 1 heterocycles. The molecule has 0 spiro atoms. The van der Waals surface area contributed by atoms with E-state index in [1.807, 2.05) is 0 Å². The first-order chi connectivity index (χ1) is 8.72. The van der Waals surface area contributed by atoms with E-state index in [0.717, 1.165) is 18.3 Å². The normalized spacial score (nSPS) is 26.2. The second kappa shape index (κ2) is 6.67. The lowest BCUT2D eigenvalue weighted by atomic mass is 9.76. The Balaban J connectivity index is 1.89. The molecule has 2 nitrogen and oxygen atoms in total. The van der Waals surface area contributed by atoms with Crippen molar-refractivity contribution in [1.82, 2.24) is 10.3 Å². The molecule has 1 atom stereocenters. The van der Waals surface area contributed by atoms with Crippen LogP contribution in [0.25, 0.3) is 0 Å². The fraction of sp³-hybridized carbons (Fsp3) is 0.800. The van der Waals surface area contributed by atoms with E-state index < -0.39 is 0 Å². The van der Waals surface area contributed by atoms with E-state index in [4.69, 9.17) is 0 Å². The minimum atomic E-state index is 0.615. The van der Waals surface area contributed by atoms with Gasteiger partial charge in [0.1, 0.15) is 0 Å². The van der Waals surface area contributed by atoms with E-state index in [9.17, 15) is 0 Å². The van der Waals surface area contributed by atoms with Crippen LogP contribution in [-0.4, -0.2) is 18.1 Å². The molecule has 0 aromatic carbocycles. The Morgan fingerprint density at radius 2 is 2.11 bits per heavy atom. The van der Waals surface area contributed by atoms with Gasteiger partial charge in [-0.25, -0.2) is 4.98 Å². The Hall–Kier alpha value is -0.410. The zero-order valence-electron chi connectivity index (χ0n) is 11.9. The van der Waals surface area contributed by atoms with Crippen molar-refractivity contribution in [2.45, 2.75) is 58.4 Å². The summed E-state index contributed by atoms with van der Waals surface area (Å²) in [5.74, 6) is 1.83. The molecule has 0 bridgehead atoms. The number of nitrogens with zero attached hydrogens (tertiary/aromatic N) is 1. The van der Waals surface area contributed by atoms with Crippen LogP contribution in [0.1, 0.15) is 49.7 Å². The molecule has 1 unspecified atom stereocenters. The third kappa shape index (κ3) is 3.55. The van der Waals surface area contributed by atoms with Crippen LogP contribution < -0.4 is 5.32 Å². The molecule has 1 aromatic rings. The van der Waals surface area contributed by atoms with Crippen molar-refractivity contribution in [2.75, 3.05) is 7.05 Å². The summed E-state index contributed by atoms with van der Waals surface area (Å²) in [6.45, 7) is 4.42. The van der Waals surface area contributed by atoms with E-state index >= 15 is 0 Å². The molecule has 3 heteroatoms. The van der Waals surface area contributed by atoms with Crippen molar-refractivity contribution >= 4 is 11.3 Å². The van der Waals surface area contributed by atoms with Crippen LogP contribution in [0.15, 0.2) is 5.38 Å². The monoisotopic (exact) mass is 266 g/mol. The van der Waals surface area contributed by atoms with Crippen LogP contribution in [0.3, 0.4) is 0 Å². The molecule has 0 radical (unpaired) electrons. The first-order valence-corrected chi connectivity index (χ1v) is 8.19.